The number of aliphatic hydroxyl groups excluding tert-OH is 2. The number of aliphatic carboxylic acids is 1. The van der Waals surface area contributed by atoms with Gasteiger partial charge in [-0.3, -0.25) is 9.59 Å². The van der Waals surface area contributed by atoms with Crippen molar-refractivity contribution < 1.29 is 39.1 Å². The number of ether oxygens (including phenoxy) is 3. The summed E-state index contributed by atoms with van der Waals surface area (Å²) in [4.78, 5) is 27.6. The fraction of sp³-hybridized carbons (Fsp3) is 0.826. The number of benzene rings is 1. The summed E-state index contributed by atoms with van der Waals surface area (Å²) in [6.07, 6.45) is 17.0. The molecule has 2 heterocycles. The number of hydrogen-bond acceptors (Lipinski definition) is 7. The van der Waals surface area contributed by atoms with E-state index >= 15 is 0 Å². The van der Waals surface area contributed by atoms with Crippen LogP contribution in [0, 0.1) is 125 Å². The molecule has 1 aromatic rings. The van der Waals surface area contributed by atoms with Crippen molar-refractivity contribution in [2.45, 2.75) is 207 Å². The Morgan fingerprint density at radius 2 is 1.00 bits per heavy atom. The molecule has 1 aromatic carbocycles. The number of allylic oxidation sites excluding steroid dienone is 2. The van der Waals surface area contributed by atoms with E-state index in [0.717, 1.165) is 95.8 Å². The number of carbonyl (C=O) groups is 2. The van der Waals surface area contributed by atoms with E-state index < -0.39 is 5.97 Å². The molecule has 6 saturated carbocycles. The third-order valence-corrected chi connectivity index (χ3v) is 28.0. The predicted molar refractivity (Wildman–Crippen MR) is 306 cm³/mol. The summed E-state index contributed by atoms with van der Waals surface area (Å²) in [5, 5.41) is 33.4. The van der Waals surface area contributed by atoms with Crippen molar-refractivity contribution in [1.82, 2.24) is 0 Å². The van der Waals surface area contributed by atoms with Gasteiger partial charge in [0.1, 0.15) is 6.61 Å². The highest BCUT2D eigenvalue weighted by Gasteiger charge is 2.73. The Balaban J connectivity index is 0.000000178. The fourth-order valence-electron chi connectivity index (χ4n) is 22.9. The Bertz CT molecular complexity index is 2480. The van der Waals surface area contributed by atoms with Crippen molar-refractivity contribution in [1.29, 1.82) is 0 Å². The van der Waals surface area contributed by atoms with Crippen LogP contribution >= 0.6 is 0 Å². The van der Waals surface area contributed by atoms with E-state index in [1.165, 1.54) is 0 Å². The standard InChI is InChI=1S/C38H56O4.C31H50O4/c1-24(2)26(4)34(5)18-19-36(7)28-14-15-30-35(6)22-41-23-38(30,20-25(3)32(35)39)29(28)16-17-37(36,8)31(34)33(40)42-21-27-12-10-9-11-13-27;1-18(2)20(4)27(5)13-14-29(7)21-9-10-23-28(6)16-35-17-31(23,15-19(3)25(28)32)22(21)11-12-30(29,8)24(27)26(33)34/h9-13,16,24-26,28,30-32,39H,14-15,17-23H2,1-8H3;11,18-21,23-25,32H,9-10,12-17H2,1-8H3,(H,33,34)/t25-,26-,28+,30+,31-,32+,34-,35+,36-,37+,38+;19-,20-,21+,23+,24-,25+,27-,28+,29-,30+,31+/m11/s1. The van der Waals surface area contributed by atoms with Crippen LogP contribution in [0.2, 0.25) is 0 Å². The van der Waals surface area contributed by atoms with E-state index in [4.69, 9.17) is 14.2 Å². The Morgan fingerprint density at radius 3 is 1.42 bits per heavy atom. The van der Waals surface area contributed by atoms with Gasteiger partial charge in [-0.25, -0.2) is 0 Å². The van der Waals surface area contributed by atoms with Gasteiger partial charge in [-0.05, 0) is 174 Å². The molecule has 430 valence electrons. The highest BCUT2D eigenvalue weighted by atomic mass is 16.5. The number of hydrogen-bond donors (Lipinski definition) is 3. The van der Waals surface area contributed by atoms with Crippen molar-refractivity contribution in [3.63, 3.8) is 0 Å². The van der Waals surface area contributed by atoms with Crippen LogP contribution < -0.4 is 0 Å². The van der Waals surface area contributed by atoms with Crippen LogP contribution in [0.25, 0.3) is 0 Å². The Labute approximate surface area is 466 Å². The van der Waals surface area contributed by atoms with Gasteiger partial charge in [0.15, 0.2) is 0 Å². The van der Waals surface area contributed by atoms with E-state index in [1.54, 1.807) is 11.1 Å². The van der Waals surface area contributed by atoms with Gasteiger partial charge < -0.3 is 29.5 Å². The highest BCUT2D eigenvalue weighted by Crippen LogP contribution is 2.77. The molecule has 22 atom stereocenters. The summed E-state index contributed by atoms with van der Waals surface area (Å²) < 4.78 is 19.0. The molecule has 8 heteroatoms. The van der Waals surface area contributed by atoms with Crippen molar-refractivity contribution in [3.8, 4) is 0 Å². The maximum Gasteiger partial charge on any atom is 0.310 e. The van der Waals surface area contributed by atoms with Crippen LogP contribution in [0.15, 0.2) is 53.6 Å². The Morgan fingerprint density at radius 1 is 0.584 bits per heavy atom. The summed E-state index contributed by atoms with van der Waals surface area (Å²) in [7, 11) is 0. The predicted octanol–water partition coefficient (Wildman–Crippen LogP) is 14.8. The monoisotopic (exact) mass is 1060 g/mol. The first kappa shape index (κ1) is 57.7. The van der Waals surface area contributed by atoms with Gasteiger partial charge in [-0.1, -0.05) is 164 Å². The van der Waals surface area contributed by atoms with Gasteiger partial charge in [0.2, 0.25) is 0 Å². The lowest BCUT2D eigenvalue weighted by molar-refractivity contribution is -0.241. The van der Waals surface area contributed by atoms with Crippen LogP contribution in [0.1, 0.15) is 193 Å². The molecule has 2 aliphatic heterocycles. The minimum absolute atomic E-state index is 0.00338. The molecule has 8 aliphatic carbocycles. The largest absolute Gasteiger partial charge is 0.481 e. The second-order valence-corrected chi connectivity index (χ2v) is 31.7. The van der Waals surface area contributed by atoms with Gasteiger partial charge >= 0.3 is 11.9 Å². The van der Waals surface area contributed by atoms with E-state index in [2.05, 4.69) is 123 Å². The van der Waals surface area contributed by atoms with Crippen molar-refractivity contribution >= 4 is 11.9 Å². The molecule has 2 saturated heterocycles. The number of rotatable bonds is 8. The summed E-state index contributed by atoms with van der Waals surface area (Å²) in [6, 6.07) is 10.1. The average molecular weight is 1060 g/mol. The number of aliphatic hydroxyl groups is 2. The van der Waals surface area contributed by atoms with Crippen LogP contribution in [-0.4, -0.2) is 65.9 Å². The number of carboxylic acids is 1. The number of carboxylic acid groups (broad SMARTS) is 1. The summed E-state index contributed by atoms with van der Waals surface area (Å²) in [5.74, 6) is 2.88. The fourth-order valence-corrected chi connectivity index (χ4v) is 22.9. The Kier molecular flexibility index (Phi) is 14.5. The van der Waals surface area contributed by atoms with E-state index in [1.807, 2.05) is 30.3 Å². The molecule has 0 amide bonds. The van der Waals surface area contributed by atoms with Crippen molar-refractivity contribution in [2.75, 3.05) is 26.4 Å². The Hall–Kier alpha value is -2.52. The second kappa shape index (κ2) is 19.3. The zero-order chi connectivity index (χ0) is 56.1. The van der Waals surface area contributed by atoms with Gasteiger partial charge in [0.05, 0.1) is 50.5 Å². The molecule has 0 unspecified atom stereocenters. The van der Waals surface area contributed by atoms with Crippen LogP contribution in [0.5, 0.6) is 0 Å². The van der Waals surface area contributed by atoms with Gasteiger partial charge in [-0.2, -0.15) is 0 Å². The maximum atomic E-state index is 14.5. The van der Waals surface area contributed by atoms with Crippen LogP contribution in [0.3, 0.4) is 0 Å². The number of carbonyl (C=O) groups excluding carboxylic acids is 1. The lowest BCUT2D eigenvalue weighted by Gasteiger charge is -2.71. The summed E-state index contributed by atoms with van der Waals surface area (Å²) >= 11 is 0. The van der Waals surface area contributed by atoms with Crippen LogP contribution in [-0.2, 0) is 30.4 Å². The van der Waals surface area contributed by atoms with Crippen molar-refractivity contribution in [3.05, 3.63) is 59.2 Å². The van der Waals surface area contributed by atoms with Crippen LogP contribution in [0.4, 0.5) is 0 Å². The molecular formula is C69H106O8. The minimum atomic E-state index is -0.597. The van der Waals surface area contributed by atoms with E-state index in [9.17, 15) is 24.9 Å². The summed E-state index contributed by atoms with van der Waals surface area (Å²) in [5.41, 5.74) is 3.01. The van der Waals surface area contributed by atoms with Gasteiger partial charge in [-0.15, -0.1) is 0 Å². The first-order chi connectivity index (χ1) is 35.9. The summed E-state index contributed by atoms with van der Waals surface area (Å²) in [6.45, 7) is 40.5. The highest BCUT2D eigenvalue weighted by molar-refractivity contribution is 5.75. The third kappa shape index (κ3) is 7.87. The average Bonchev–Trinajstić information content (AvgIpc) is 3.57. The van der Waals surface area contributed by atoms with Gasteiger partial charge in [0, 0.05) is 21.7 Å². The number of esters is 1. The molecular weight excluding hydrogens is 957 g/mol. The lowest BCUT2D eigenvalue weighted by atomic mass is 9.34. The molecule has 0 spiro atoms. The molecule has 77 heavy (non-hydrogen) atoms. The topological polar surface area (TPSA) is 123 Å². The second-order valence-electron chi connectivity index (χ2n) is 31.7. The molecule has 8 nitrogen and oxygen atoms in total. The SMILES string of the molecule is CC(C)[C@@H](C)[C@@]1(C)CC[C@]2(C)[C@H]3CC[C@@H]4[C@@]5(COC[C@]4(C)[C@@H](O)[C@H](C)C5)C3=CC[C@@]2(C)[C@@H]1C(=O)O.CC(C)[C@@H](C)[C@@]1(C)CC[C@]2(C)[C@H]3CC[C@@H]4[C@@]5(COC[C@]4(C)[C@@H](O)[C@H](C)C5)C3=CC[C@@]2(C)[C@@H]1C(=O)OCc1ccccc1. The zero-order valence-electron chi connectivity index (χ0n) is 51.0. The molecule has 10 aliphatic rings. The van der Waals surface area contributed by atoms with Gasteiger partial charge in [0.25, 0.3) is 0 Å². The first-order valence-corrected chi connectivity index (χ1v) is 31.3. The number of fused-ring (bicyclic) bond motifs is 6. The quantitative estimate of drug-likeness (QED) is 0.174. The van der Waals surface area contributed by atoms with E-state index in [0.29, 0.717) is 67.2 Å². The van der Waals surface area contributed by atoms with Crippen molar-refractivity contribution in [2.24, 2.45) is 125 Å². The third-order valence-electron chi connectivity index (χ3n) is 28.0. The maximum absolute atomic E-state index is 14.5. The zero-order valence-corrected chi connectivity index (χ0v) is 51.0. The van der Waals surface area contributed by atoms with E-state index in [-0.39, 0.29) is 96.0 Å². The minimum Gasteiger partial charge on any atom is -0.481 e. The normalized spacial score (nSPS) is 50.3. The first-order valence-electron chi connectivity index (χ1n) is 31.3. The lowest BCUT2D eigenvalue weighted by Crippen LogP contribution is -2.68. The smallest absolute Gasteiger partial charge is 0.310 e. The molecule has 0 aromatic heterocycles. The molecule has 4 bridgehead atoms. The molecule has 11 rings (SSSR count). The molecule has 8 fully saturated rings. The molecule has 0 radical (unpaired) electrons. The molecule has 3 N–H and O–H groups in total.